The minimum Gasteiger partial charge on any atom is -0.466 e. The van der Waals surface area contributed by atoms with Crippen LogP contribution in [-0.2, 0) is 0 Å². The average molecular weight is 263 g/mol. The van der Waals surface area contributed by atoms with E-state index in [-0.39, 0.29) is 6.04 Å². The number of hydrogen-bond acceptors (Lipinski definition) is 3. The van der Waals surface area contributed by atoms with Gasteiger partial charge in [0.05, 0.1) is 6.04 Å². The molecule has 0 aromatic carbocycles. The van der Waals surface area contributed by atoms with Crippen molar-refractivity contribution in [3.05, 3.63) is 45.0 Å². The lowest BCUT2D eigenvalue weighted by atomic mass is 10.0. The van der Waals surface area contributed by atoms with Crippen molar-refractivity contribution in [2.24, 2.45) is 0 Å². The fourth-order valence-corrected chi connectivity index (χ4v) is 3.27. The third kappa shape index (κ3) is 2.68. The van der Waals surface area contributed by atoms with E-state index in [1.54, 1.807) is 0 Å². The van der Waals surface area contributed by atoms with E-state index in [1.807, 2.05) is 25.2 Å². The molecular formula is C15H21NOS. The molecule has 0 bridgehead atoms. The van der Waals surface area contributed by atoms with Gasteiger partial charge in [0.25, 0.3) is 0 Å². The molecular weight excluding hydrogens is 242 g/mol. The normalized spacial score (nSPS) is 12.9. The van der Waals surface area contributed by atoms with E-state index in [9.17, 15) is 0 Å². The average Bonchev–Trinajstić information content (AvgIpc) is 2.87. The molecule has 18 heavy (non-hydrogen) atoms. The Hall–Kier alpha value is -1.06. The molecule has 0 saturated heterocycles. The Morgan fingerprint density at radius 3 is 2.61 bits per heavy atom. The smallest absolute Gasteiger partial charge is 0.106 e. The molecule has 1 atom stereocenters. The highest BCUT2D eigenvalue weighted by Gasteiger charge is 2.21. The highest BCUT2D eigenvalue weighted by atomic mass is 32.1. The molecule has 0 amide bonds. The van der Waals surface area contributed by atoms with Gasteiger partial charge >= 0.3 is 0 Å². The minimum absolute atomic E-state index is 0.266. The molecule has 0 fully saturated rings. The lowest BCUT2D eigenvalue weighted by Crippen LogP contribution is -2.23. The first-order chi connectivity index (χ1) is 8.63. The van der Waals surface area contributed by atoms with E-state index in [4.69, 9.17) is 4.42 Å². The highest BCUT2D eigenvalue weighted by molar-refractivity contribution is 7.10. The van der Waals surface area contributed by atoms with Crippen LogP contribution in [-0.4, -0.2) is 6.54 Å². The summed E-state index contributed by atoms with van der Waals surface area (Å²) in [4.78, 5) is 1.40. The van der Waals surface area contributed by atoms with Crippen molar-refractivity contribution in [1.82, 2.24) is 5.32 Å². The van der Waals surface area contributed by atoms with Crippen LogP contribution in [0.5, 0.6) is 0 Å². The van der Waals surface area contributed by atoms with Gasteiger partial charge in [0.15, 0.2) is 0 Å². The topological polar surface area (TPSA) is 25.2 Å². The van der Waals surface area contributed by atoms with Crippen molar-refractivity contribution in [1.29, 1.82) is 0 Å². The lowest BCUT2D eigenvalue weighted by Gasteiger charge is -2.18. The predicted octanol–water partition coefficient (Wildman–Crippen LogP) is 4.36. The number of hydrogen-bond donors (Lipinski definition) is 1. The standard InChI is InChI=1S/C15H21NOS/c1-5-7-16-14(15-10(2)6-8-18-15)13-9-11(3)17-12(13)4/h6,8-9,14,16H,5,7H2,1-4H3. The summed E-state index contributed by atoms with van der Waals surface area (Å²) in [5.41, 5.74) is 2.62. The molecule has 0 aliphatic rings. The van der Waals surface area contributed by atoms with Gasteiger partial charge in [-0.2, -0.15) is 0 Å². The highest BCUT2D eigenvalue weighted by Crippen LogP contribution is 2.32. The van der Waals surface area contributed by atoms with Crippen molar-refractivity contribution in [3.8, 4) is 0 Å². The molecule has 2 aromatic heterocycles. The molecule has 2 nitrogen and oxygen atoms in total. The second kappa shape index (κ2) is 5.72. The molecule has 2 aromatic rings. The van der Waals surface area contributed by atoms with Gasteiger partial charge in [0.1, 0.15) is 11.5 Å². The summed E-state index contributed by atoms with van der Waals surface area (Å²) >= 11 is 1.82. The molecule has 0 radical (unpaired) electrons. The van der Waals surface area contributed by atoms with Crippen LogP contribution >= 0.6 is 11.3 Å². The summed E-state index contributed by atoms with van der Waals surface area (Å²) in [6.45, 7) is 9.44. The van der Waals surface area contributed by atoms with Gasteiger partial charge in [-0.25, -0.2) is 0 Å². The van der Waals surface area contributed by atoms with Crippen LogP contribution in [0.3, 0.4) is 0 Å². The van der Waals surface area contributed by atoms with E-state index in [2.05, 4.69) is 36.7 Å². The van der Waals surface area contributed by atoms with Crippen molar-refractivity contribution in [3.63, 3.8) is 0 Å². The van der Waals surface area contributed by atoms with Crippen LogP contribution < -0.4 is 5.32 Å². The third-order valence-electron chi connectivity index (χ3n) is 3.15. The van der Waals surface area contributed by atoms with Crippen molar-refractivity contribution in [2.75, 3.05) is 6.54 Å². The van der Waals surface area contributed by atoms with E-state index in [1.165, 1.54) is 16.0 Å². The number of rotatable bonds is 5. The summed E-state index contributed by atoms with van der Waals surface area (Å²) < 4.78 is 5.68. The molecule has 2 heterocycles. The van der Waals surface area contributed by atoms with Crippen molar-refractivity contribution >= 4 is 11.3 Å². The van der Waals surface area contributed by atoms with Crippen molar-refractivity contribution in [2.45, 2.75) is 40.2 Å². The summed E-state index contributed by atoms with van der Waals surface area (Å²) in [7, 11) is 0. The van der Waals surface area contributed by atoms with Gasteiger partial charge in [-0.3, -0.25) is 0 Å². The Morgan fingerprint density at radius 2 is 2.11 bits per heavy atom. The summed E-state index contributed by atoms with van der Waals surface area (Å²) in [6.07, 6.45) is 1.14. The van der Waals surface area contributed by atoms with E-state index >= 15 is 0 Å². The summed E-state index contributed by atoms with van der Waals surface area (Å²) in [5, 5.41) is 5.79. The van der Waals surface area contributed by atoms with E-state index in [0.29, 0.717) is 0 Å². The van der Waals surface area contributed by atoms with Crippen LogP contribution in [0, 0.1) is 20.8 Å². The quantitative estimate of drug-likeness (QED) is 0.867. The Kier molecular flexibility index (Phi) is 4.25. The second-order valence-corrected chi connectivity index (χ2v) is 5.67. The van der Waals surface area contributed by atoms with Crippen LogP contribution in [0.2, 0.25) is 0 Å². The largest absolute Gasteiger partial charge is 0.466 e. The Labute approximate surface area is 113 Å². The molecule has 0 aliphatic heterocycles. The van der Waals surface area contributed by atoms with Crippen LogP contribution in [0.25, 0.3) is 0 Å². The molecule has 98 valence electrons. The number of nitrogens with one attached hydrogen (secondary N) is 1. The lowest BCUT2D eigenvalue weighted by molar-refractivity contribution is 0.494. The van der Waals surface area contributed by atoms with Gasteiger partial charge in [-0.15, -0.1) is 11.3 Å². The zero-order chi connectivity index (χ0) is 13.1. The summed E-state index contributed by atoms with van der Waals surface area (Å²) in [6, 6.07) is 4.60. The Balaban J connectivity index is 2.37. The molecule has 0 saturated carbocycles. The first-order valence-electron chi connectivity index (χ1n) is 6.47. The molecule has 1 N–H and O–H groups in total. The predicted molar refractivity (Wildman–Crippen MR) is 77.4 cm³/mol. The van der Waals surface area contributed by atoms with Gasteiger partial charge in [0, 0.05) is 10.4 Å². The zero-order valence-electron chi connectivity index (χ0n) is 11.5. The maximum absolute atomic E-state index is 5.68. The first-order valence-corrected chi connectivity index (χ1v) is 7.35. The Bertz CT molecular complexity index is 512. The maximum Gasteiger partial charge on any atom is 0.106 e. The molecule has 2 rings (SSSR count). The van der Waals surface area contributed by atoms with Crippen LogP contribution in [0.1, 0.15) is 46.9 Å². The van der Waals surface area contributed by atoms with Gasteiger partial charge in [-0.05, 0) is 56.8 Å². The monoisotopic (exact) mass is 263 g/mol. The number of thiophene rings is 1. The van der Waals surface area contributed by atoms with Gasteiger partial charge < -0.3 is 9.73 Å². The third-order valence-corrected chi connectivity index (χ3v) is 4.24. The van der Waals surface area contributed by atoms with Crippen molar-refractivity contribution < 1.29 is 4.42 Å². The zero-order valence-corrected chi connectivity index (χ0v) is 12.4. The van der Waals surface area contributed by atoms with Crippen LogP contribution in [0.15, 0.2) is 21.9 Å². The maximum atomic E-state index is 5.68. The van der Waals surface area contributed by atoms with E-state index in [0.717, 1.165) is 24.5 Å². The molecule has 1 unspecified atom stereocenters. The fraction of sp³-hybridized carbons (Fsp3) is 0.467. The number of furan rings is 1. The van der Waals surface area contributed by atoms with Gasteiger partial charge in [0.2, 0.25) is 0 Å². The minimum atomic E-state index is 0.266. The first kappa shape index (κ1) is 13.4. The van der Waals surface area contributed by atoms with Crippen LogP contribution in [0.4, 0.5) is 0 Å². The SMILES string of the molecule is CCCNC(c1cc(C)oc1C)c1sccc1C. The fourth-order valence-electron chi connectivity index (χ4n) is 2.25. The van der Waals surface area contributed by atoms with Gasteiger partial charge in [-0.1, -0.05) is 6.92 Å². The van der Waals surface area contributed by atoms with E-state index < -0.39 is 0 Å². The molecule has 0 spiro atoms. The summed E-state index contributed by atoms with van der Waals surface area (Å²) in [5.74, 6) is 2.01. The molecule has 0 aliphatic carbocycles. The second-order valence-electron chi connectivity index (χ2n) is 4.72. The number of aryl methyl sites for hydroxylation is 3. The molecule has 3 heteroatoms. The Morgan fingerprint density at radius 1 is 1.33 bits per heavy atom.